The van der Waals surface area contributed by atoms with E-state index in [2.05, 4.69) is 50.9 Å². The first-order valence-corrected chi connectivity index (χ1v) is 6.98. The molecular weight excluding hydrogens is 232 g/mol. The van der Waals surface area contributed by atoms with Crippen LogP contribution in [0.15, 0.2) is 30.5 Å². The Morgan fingerprint density at radius 3 is 2.63 bits per heavy atom. The Labute approximate surface area is 115 Å². The molecule has 0 aliphatic rings. The van der Waals surface area contributed by atoms with Crippen molar-refractivity contribution in [3.05, 3.63) is 58.7 Å². The van der Waals surface area contributed by atoms with Crippen LogP contribution in [0.1, 0.15) is 48.0 Å². The summed E-state index contributed by atoms with van der Waals surface area (Å²) in [5.74, 6) is 0.401. The van der Waals surface area contributed by atoms with E-state index in [1.54, 1.807) is 0 Å². The topological polar surface area (TPSA) is 25.8 Å². The van der Waals surface area contributed by atoms with Gasteiger partial charge in [0.15, 0.2) is 0 Å². The van der Waals surface area contributed by atoms with Crippen LogP contribution in [-0.2, 0) is 12.8 Å². The van der Waals surface area contributed by atoms with Crippen LogP contribution >= 0.6 is 0 Å². The Kier molecular flexibility index (Phi) is 4.31. The molecule has 1 unspecified atom stereocenters. The molecule has 0 bridgehead atoms. The van der Waals surface area contributed by atoms with E-state index < -0.39 is 0 Å². The Hall–Kier alpha value is -1.70. The highest BCUT2D eigenvalue weighted by atomic mass is 14.7. The van der Waals surface area contributed by atoms with Gasteiger partial charge in [-0.1, -0.05) is 19.9 Å². The van der Waals surface area contributed by atoms with Gasteiger partial charge in [-0.15, -0.1) is 0 Å². The second-order valence-corrected chi connectivity index (χ2v) is 5.28. The van der Waals surface area contributed by atoms with Gasteiger partial charge in [-0.25, -0.2) is 0 Å². The lowest BCUT2D eigenvalue weighted by atomic mass is 9.97. The minimum Gasteiger partial charge on any atom is -0.261 e. The maximum atomic E-state index is 4.75. The van der Waals surface area contributed by atoms with Crippen molar-refractivity contribution in [1.29, 1.82) is 0 Å². The van der Waals surface area contributed by atoms with Crippen LogP contribution in [0.3, 0.4) is 0 Å². The zero-order valence-electron chi connectivity index (χ0n) is 12.3. The van der Waals surface area contributed by atoms with E-state index in [4.69, 9.17) is 4.98 Å². The summed E-state index contributed by atoms with van der Waals surface area (Å²) in [6.07, 6.45) is 3.84. The molecule has 0 aliphatic carbocycles. The number of aromatic nitrogens is 2. The molecule has 0 saturated heterocycles. The highest BCUT2D eigenvalue weighted by molar-refractivity contribution is 5.25. The lowest BCUT2D eigenvalue weighted by Crippen LogP contribution is -2.06. The second-order valence-electron chi connectivity index (χ2n) is 5.28. The average molecular weight is 254 g/mol. The number of nitrogens with zero attached hydrogens (tertiary/aromatic N) is 2. The van der Waals surface area contributed by atoms with Crippen molar-refractivity contribution < 1.29 is 0 Å². The number of aryl methyl sites for hydroxylation is 3. The molecule has 2 nitrogen and oxygen atoms in total. The van der Waals surface area contributed by atoms with Gasteiger partial charge in [0.2, 0.25) is 0 Å². The van der Waals surface area contributed by atoms with E-state index in [9.17, 15) is 0 Å². The van der Waals surface area contributed by atoms with Crippen molar-refractivity contribution in [3.8, 4) is 0 Å². The summed E-state index contributed by atoms with van der Waals surface area (Å²) >= 11 is 0. The average Bonchev–Trinajstić information content (AvgIpc) is 2.41. The SMILES string of the molecule is CCc1ccc(C)c(CC(C)c2cc(C)ccn2)n1. The molecule has 0 aliphatic heterocycles. The summed E-state index contributed by atoms with van der Waals surface area (Å²) in [5.41, 5.74) is 6.07. The molecule has 0 N–H and O–H groups in total. The number of rotatable bonds is 4. The Morgan fingerprint density at radius 2 is 1.95 bits per heavy atom. The second kappa shape index (κ2) is 5.96. The van der Waals surface area contributed by atoms with Crippen molar-refractivity contribution in [2.45, 2.75) is 46.5 Å². The van der Waals surface area contributed by atoms with Crippen molar-refractivity contribution in [1.82, 2.24) is 9.97 Å². The van der Waals surface area contributed by atoms with E-state index >= 15 is 0 Å². The first-order valence-electron chi connectivity index (χ1n) is 6.98. The fourth-order valence-electron chi connectivity index (χ4n) is 2.24. The smallest absolute Gasteiger partial charge is 0.0442 e. The molecule has 2 heterocycles. The minimum absolute atomic E-state index is 0.401. The van der Waals surface area contributed by atoms with Crippen molar-refractivity contribution in [2.75, 3.05) is 0 Å². The lowest BCUT2D eigenvalue weighted by Gasteiger charge is -2.13. The third-order valence-corrected chi connectivity index (χ3v) is 3.56. The van der Waals surface area contributed by atoms with Crippen molar-refractivity contribution in [3.63, 3.8) is 0 Å². The predicted molar refractivity (Wildman–Crippen MR) is 79.4 cm³/mol. The fourth-order valence-corrected chi connectivity index (χ4v) is 2.24. The Bertz CT molecular complexity index is 561. The van der Waals surface area contributed by atoms with Crippen LogP contribution in [0.4, 0.5) is 0 Å². The van der Waals surface area contributed by atoms with Gasteiger partial charge in [0.25, 0.3) is 0 Å². The van der Waals surface area contributed by atoms with Gasteiger partial charge in [-0.3, -0.25) is 9.97 Å². The molecule has 0 saturated carbocycles. The minimum atomic E-state index is 0.401. The van der Waals surface area contributed by atoms with Crippen molar-refractivity contribution in [2.24, 2.45) is 0 Å². The molecular formula is C17H22N2. The van der Waals surface area contributed by atoms with E-state index in [1.165, 1.54) is 22.5 Å². The molecule has 2 aromatic rings. The third-order valence-electron chi connectivity index (χ3n) is 3.56. The number of hydrogen-bond acceptors (Lipinski definition) is 2. The molecule has 2 heteroatoms. The van der Waals surface area contributed by atoms with Crippen LogP contribution in [0.5, 0.6) is 0 Å². The molecule has 0 radical (unpaired) electrons. The van der Waals surface area contributed by atoms with Gasteiger partial charge in [-0.05, 0) is 56.0 Å². The molecule has 0 amide bonds. The molecule has 0 fully saturated rings. The van der Waals surface area contributed by atoms with Crippen LogP contribution in [-0.4, -0.2) is 9.97 Å². The van der Waals surface area contributed by atoms with Gasteiger partial charge in [0.05, 0.1) is 0 Å². The maximum absolute atomic E-state index is 4.75. The Morgan fingerprint density at radius 1 is 1.16 bits per heavy atom. The summed E-state index contributed by atoms with van der Waals surface area (Å²) in [6.45, 7) is 8.62. The van der Waals surface area contributed by atoms with Crippen LogP contribution < -0.4 is 0 Å². The molecule has 100 valence electrons. The normalized spacial score (nSPS) is 12.4. The summed E-state index contributed by atoms with van der Waals surface area (Å²) in [6, 6.07) is 8.51. The highest BCUT2D eigenvalue weighted by Crippen LogP contribution is 2.20. The third kappa shape index (κ3) is 3.40. The van der Waals surface area contributed by atoms with Crippen LogP contribution in [0.25, 0.3) is 0 Å². The van der Waals surface area contributed by atoms with Crippen LogP contribution in [0.2, 0.25) is 0 Å². The number of pyridine rings is 2. The van der Waals surface area contributed by atoms with Gasteiger partial charge in [0.1, 0.15) is 0 Å². The molecule has 0 aromatic carbocycles. The standard InChI is InChI=1S/C17H22N2/c1-5-15-7-6-13(3)17(19-15)11-14(4)16-10-12(2)8-9-18-16/h6-10,14H,5,11H2,1-4H3. The number of hydrogen-bond donors (Lipinski definition) is 0. The van der Waals surface area contributed by atoms with Crippen LogP contribution in [0, 0.1) is 13.8 Å². The van der Waals surface area contributed by atoms with E-state index in [-0.39, 0.29) is 0 Å². The zero-order chi connectivity index (χ0) is 13.8. The molecule has 19 heavy (non-hydrogen) atoms. The summed E-state index contributed by atoms with van der Waals surface area (Å²) in [5, 5.41) is 0. The maximum Gasteiger partial charge on any atom is 0.0442 e. The molecule has 2 rings (SSSR count). The highest BCUT2D eigenvalue weighted by Gasteiger charge is 2.11. The Balaban J connectivity index is 2.21. The zero-order valence-corrected chi connectivity index (χ0v) is 12.3. The summed E-state index contributed by atoms with van der Waals surface area (Å²) in [4.78, 5) is 9.23. The quantitative estimate of drug-likeness (QED) is 0.824. The van der Waals surface area contributed by atoms with Gasteiger partial charge in [-0.2, -0.15) is 0 Å². The first kappa shape index (κ1) is 13.7. The molecule has 2 aromatic heterocycles. The monoisotopic (exact) mass is 254 g/mol. The van der Waals surface area contributed by atoms with Gasteiger partial charge < -0.3 is 0 Å². The first-order chi connectivity index (χ1) is 9.10. The summed E-state index contributed by atoms with van der Waals surface area (Å²) in [7, 11) is 0. The molecule has 0 spiro atoms. The van der Waals surface area contributed by atoms with E-state index in [0.717, 1.165) is 18.5 Å². The lowest BCUT2D eigenvalue weighted by molar-refractivity contribution is 0.706. The summed E-state index contributed by atoms with van der Waals surface area (Å²) < 4.78 is 0. The van der Waals surface area contributed by atoms with Crippen molar-refractivity contribution >= 4 is 0 Å². The van der Waals surface area contributed by atoms with E-state index in [1.807, 2.05) is 12.3 Å². The van der Waals surface area contributed by atoms with Gasteiger partial charge >= 0.3 is 0 Å². The largest absolute Gasteiger partial charge is 0.261 e. The van der Waals surface area contributed by atoms with Gasteiger partial charge in [0, 0.05) is 29.2 Å². The predicted octanol–water partition coefficient (Wildman–Crippen LogP) is 4.00. The molecule has 1 atom stereocenters. The van der Waals surface area contributed by atoms with E-state index in [0.29, 0.717) is 5.92 Å². The fraction of sp³-hybridized carbons (Fsp3) is 0.412.